The highest BCUT2D eigenvalue weighted by Crippen LogP contribution is 2.14. The highest BCUT2D eigenvalue weighted by atomic mass is 16.4. The summed E-state index contributed by atoms with van der Waals surface area (Å²) < 4.78 is 0. The van der Waals surface area contributed by atoms with Crippen LogP contribution in [0.2, 0.25) is 0 Å². The second-order valence-corrected chi connectivity index (χ2v) is 3.12. The summed E-state index contributed by atoms with van der Waals surface area (Å²) in [7, 11) is 0. The van der Waals surface area contributed by atoms with E-state index >= 15 is 0 Å². The van der Waals surface area contributed by atoms with Gasteiger partial charge in [0, 0.05) is 10.6 Å². The van der Waals surface area contributed by atoms with Crippen LogP contribution in [0.1, 0.15) is 5.56 Å². The zero-order chi connectivity index (χ0) is 12.0. The lowest BCUT2D eigenvalue weighted by Crippen LogP contribution is -2.42. The van der Waals surface area contributed by atoms with Crippen molar-refractivity contribution in [3.05, 3.63) is 40.3 Å². The Balaban J connectivity index is 2.74. The molecule has 0 saturated heterocycles. The van der Waals surface area contributed by atoms with Crippen LogP contribution in [0.4, 0.5) is 5.69 Å². The Labute approximate surface area is 91.5 Å². The fraction of sp³-hybridized carbons (Fsp3) is 0.222. The molecule has 0 heterocycles. The van der Waals surface area contributed by atoms with Gasteiger partial charge < -0.3 is 5.11 Å². The van der Waals surface area contributed by atoms with Crippen molar-refractivity contribution >= 4 is 11.7 Å². The lowest BCUT2D eigenvalue weighted by atomic mass is 10.1. The van der Waals surface area contributed by atoms with Gasteiger partial charge in [-0.2, -0.15) is 0 Å². The molecule has 0 spiro atoms. The first-order valence-corrected chi connectivity index (χ1v) is 4.50. The number of nitrogens with two attached hydrogens (primary N) is 1. The van der Waals surface area contributed by atoms with E-state index in [2.05, 4.69) is 15.5 Å². The Bertz CT molecular complexity index is 410. The van der Waals surface area contributed by atoms with Crippen molar-refractivity contribution in [2.24, 2.45) is 11.0 Å². The molecule has 0 fully saturated rings. The van der Waals surface area contributed by atoms with Crippen LogP contribution in [0.25, 0.3) is 10.4 Å². The predicted octanol–water partition coefficient (Wildman–Crippen LogP) is 1.09. The summed E-state index contributed by atoms with van der Waals surface area (Å²) in [4.78, 5) is 13.3. The summed E-state index contributed by atoms with van der Waals surface area (Å²) in [5.74, 6) is 4.09. The number of hydrazine groups is 1. The Hall–Kier alpha value is -2.08. The molecular formula is C9H11N5O2. The molecule has 1 aromatic rings. The average molecular weight is 221 g/mol. The average Bonchev–Trinajstić information content (AvgIpc) is 2.28. The lowest BCUT2D eigenvalue weighted by Gasteiger charge is -2.10. The van der Waals surface area contributed by atoms with Crippen LogP contribution in [-0.2, 0) is 11.2 Å². The molecule has 0 saturated carbocycles. The molecule has 7 nitrogen and oxygen atoms in total. The van der Waals surface area contributed by atoms with Gasteiger partial charge in [-0.15, -0.1) is 0 Å². The van der Waals surface area contributed by atoms with Gasteiger partial charge in [0.05, 0.1) is 0 Å². The van der Waals surface area contributed by atoms with E-state index in [1.807, 2.05) is 0 Å². The summed E-state index contributed by atoms with van der Waals surface area (Å²) in [6, 6.07) is 5.79. The molecule has 4 N–H and O–H groups in total. The van der Waals surface area contributed by atoms with Gasteiger partial charge in [-0.1, -0.05) is 29.4 Å². The van der Waals surface area contributed by atoms with E-state index in [9.17, 15) is 4.79 Å². The summed E-state index contributed by atoms with van der Waals surface area (Å²) in [6.07, 6.45) is 0.266. The molecule has 0 radical (unpaired) electrons. The van der Waals surface area contributed by atoms with Gasteiger partial charge >= 0.3 is 5.97 Å². The van der Waals surface area contributed by atoms with E-state index in [1.165, 1.54) is 0 Å². The summed E-state index contributed by atoms with van der Waals surface area (Å²) in [5, 5.41) is 12.2. The Morgan fingerprint density at radius 2 is 2.19 bits per heavy atom. The van der Waals surface area contributed by atoms with Crippen LogP contribution >= 0.6 is 0 Å². The minimum Gasteiger partial charge on any atom is -0.480 e. The molecule has 0 aliphatic carbocycles. The number of carbonyl (C=O) groups is 1. The van der Waals surface area contributed by atoms with Crippen molar-refractivity contribution in [2.45, 2.75) is 12.5 Å². The smallest absolute Gasteiger partial charge is 0.322 e. The second-order valence-electron chi connectivity index (χ2n) is 3.12. The van der Waals surface area contributed by atoms with Crippen molar-refractivity contribution in [1.29, 1.82) is 0 Å². The first-order valence-electron chi connectivity index (χ1n) is 4.50. The van der Waals surface area contributed by atoms with Gasteiger partial charge in [0.1, 0.15) is 6.04 Å². The number of nitrogens with one attached hydrogen (secondary N) is 1. The molecule has 0 aliphatic heterocycles. The molecule has 1 rings (SSSR count). The Morgan fingerprint density at radius 1 is 1.56 bits per heavy atom. The number of benzene rings is 1. The topological polar surface area (TPSA) is 124 Å². The van der Waals surface area contributed by atoms with Crippen LogP contribution < -0.4 is 11.3 Å². The van der Waals surface area contributed by atoms with Gasteiger partial charge in [0.2, 0.25) is 0 Å². The quantitative estimate of drug-likeness (QED) is 0.226. The number of carboxylic acid groups (broad SMARTS) is 1. The number of azide groups is 1. The summed E-state index contributed by atoms with van der Waals surface area (Å²) >= 11 is 0. The van der Waals surface area contributed by atoms with E-state index in [0.29, 0.717) is 5.69 Å². The Kier molecular flexibility index (Phi) is 4.28. The van der Waals surface area contributed by atoms with Crippen LogP contribution in [0.3, 0.4) is 0 Å². The fourth-order valence-electron chi connectivity index (χ4n) is 1.20. The number of hydrogen-bond acceptors (Lipinski definition) is 4. The Morgan fingerprint density at radius 3 is 2.62 bits per heavy atom. The molecule has 16 heavy (non-hydrogen) atoms. The molecule has 0 bridgehead atoms. The number of carboxylic acids is 1. The number of rotatable bonds is 5. The number of nitrogens with zero attached hydrogens (tertiary/aromatic N) is 3. The molecule has 1 aromatic carbocycles. The fourth-order valence-corrected chi connectivity index (χ4v) is 1.20. The van der Waals surface area contributed by atoms with Gasteiger partial charge in [-0.05, 0) is 17.5 Å². The SMILES string of the molecule is [N-]=[N+]=Nc1ccc(C[C@H](NN)C(=O)O)cc1. The van der Waals surface area contributed by atoms with Crippen LogP contribution in [0.5, 0.6) is 0 Å². The van der Waals surface area contributed by atoms with Crippen LogP contribution in [0, 0.1) is 0 Å². The molecule has 0 amide bonds. The van der Waals surface area contributed by atoms with E-state index in [-0.39, 0.29) is 6.42 Å². The van der Waals surface area contributed by atoms with Crippen LogP contribution in [0.15, 0.2) is 29.4 Å². The first kappa shape index (κ1) is 12.0. The van der Waals surface area contributed by atoms with Crippen molar-refractivity contribution in [1.82, 2.24) is 5.43 Å². The van der Waals surface area contributed by atoms with E-state index in [1.54, 1.807) is 24.3 Å². The highest BCUT2D eigenvalue weighted by molar-refractivity contribution is 5.73. The standard InChI is InChI=1S/C9H11N5O2/c10-12-8(9(15)16)5-6-1-3-7(4-2-6)13-14-11/h1-4,8,12H,5,10H2,(H,15,16)/t8-/m0/s1. The van der Waals surface area contributed by atoms with Crippen molar-refractivity contribution in [3.8, 4) is 0 Å². The van der Waals surface area contributed by atoms with Crippen LogP contribution in [-0.4, -0.2) is 17.1 Å². The molecule has 0 aliphatic rings. The van der Waals surface area contributed by atoms with E-state index in [4.69, 9.17) is 16.5 Å². The zero-order valence-corrected chi connectivity index (χ0v) is 8.37. The maximum Gasteiger partial charge on any atom is 0.322 e. The minimum absolute atomic E-state index is 0.266. The second kappa shape index (κ2) is 5.72. The molecule has 0 unspecified atom stereocenters. The monoisotopic (exact) mass is 221 g/mol. The summed E-state index contributed by atoms with van der Waals surface area (Å²) in [6.45, 7) is 0. The van der Waals surface area contributed by atoms with Crippen molar-refractivity contribution in [3.63, 3.8) is 0 Å². The maximum absolute atomic E-state index is 10.7. The summed E-state index contributed by atoms with van der Waals surface area (Å²) in [5.41, 5.74) is 11.7. The third-order valence-electron chi connectivity index (χ3n) is 2.04. The van der Waals surface area contributed by atoms with Gasteiger partial charge in [-0.25, -0.2) is 5.43 Å². The largest absolute Gasteiger partial charge is 0.480 e. The molecule has 7 heteroatoms. The first-order chi connectivity index (χ1) is 7.67. The minimum atomic E-state index is -1.01. The lowest BCUT2D eigenvalue weighted by molar-refractivity contribution is -0.139. The van der Waals surface area contributed by atoms with E-state index < -0.39 is 12.0 Å². The highest BCUT2D eigenvalue weighted by Gasteiger charge is 2.15. The maximum atomic E-state index is 10.7. The molecular weight excluding hydrogens is 210 g/mol. The third kappa shape index (κ3) is 3.25. The van der Waals surface area contributed by atoms with Gasteiger partial charge in [0.25, 0.3) is 0 Å². The predicted molar refractivity (Wildman–Crippen MR) is 57.7 cm³/mol. The third-order valence-corrected chi connectivity index (χ3v) is 2.04. The van der Waals surface area contributed by atoms with E-state index in [0.717, 1.165) is 5.56 Å². The van der Waals surface area contributed by atoms with Crippen molar-refractivity contribution < 1.29 is 9.90 Å². The molecule has 84 valence electrons. The zero-order valence-electron chi connectivity index (χ0n) is 8.37. The number of aliphatic carboxylic acids is 1. The molecule has 1 atom stereocenters. The van der Waals surface area contributed by atoms with Crippen molar-refractivity contribution in [2.75, 3.05) is 0 Å². The van der Waals surface area contributed by atoms with Gasteiger partial charge in [0.15, 0.2) is 0 Å². The van der Waals surface area contributed by atoms with Gasteiger partial charge in [-0.3, -0.25) is 10.6 Å². The normalized spacial score (nSPS) is 11.6. The number of hydrogen-bond donors (Lipinski definition) is 3. The molecule has 0 aromatic heterocycles.